The second-order valence-electron chi connectivity index (χ2n) is 5.49. The molecule has 0 fully saturated rings. The lowest BCUT2D eigenvalue weighted by Crippen LogP contribution is -2.12. The zero-order chi connectivity index (χ0) is 14.3. The third kappa shape index (κ3) is 5.23. The first-order valence-electron chi connectivity index (χ1n) is 7.53. The maximum absolute atomic E-state index is 10.4. The fraction of sp³-hybridized carbons (Fsp3) is 0.647. The zero-order valence-electron chi connectivity index (χ0n) is 12.7. The Morgan fingerprint density at radius 2 is 1.74 bits per heavy atom. The normalized spacial score (nSPS) is 14.4. The summed E-state index contributed by atoms with van der Waals surface area (Å²) in [5.74, 6) is 1.23. The van der Waals surface area contributed by atoms with Crippen molar-refractivity contribution in [3.8, 4) is 5.75 Å². The molecular formula is C17H28O2. The van der Waals surface area contributed by atoms with Gasteiger partial charge in [0.1, 0.15) is 5.75 Å². The van der Waals surface area contributed by atoms with Crippen molar-refractivity contribution < 1.29 is 9.84 Å². The molecule has 2 unspecified atom stereocenters. The summed E-state index contributed by atoms with van der Waals surface area (Å²) in [7, 11) is 0. The molecule has 0 bridgehead atoms. The summed E-state index contributed by atoms with van der Waals surface area (Å²) in [6, 6.07) is 7.87. The maximum Gasteiger partial charge on any atom is 0.119 e. The number of unbranched alkanes of at least 4 members (excludes halogenated alkanes) is 1. The lowest BCUT2D eigenvalue weighted by molar-refractivity contribution is 0.0988. The minimum atomic E-state index is -0.357. The smallest absolute Gasteiger partial charge is 0.119 e. The summed E-state index contributed by atoms with van der Waals surface area (Å²) < 4.78 is 5.62. The molecule has 0 spiro atoms. The fourth-order valence-electron chi connectivity index (χ4n) is 2.34. The Bertz CT molecular complexity index is 343. The van der Waals surface area contributed by atoms with E-state index in [9.17, 15) is 5.11 Å². The first-order chi connectivity index (χ1) is 9.08. The van der Waals surface area contributed by atoms with Crippen LogP contribution in [-0.4, -0.2) is 11.2 Å². The molecule has 108 valence electrons. The monoisotopic (exact) mass is 264 g/mol. The second kappa shape index (κ2) is 8.21. The van der Waals surface area contributed by atoms with Crippen LogP contribution in [0, 0.1) is 5.92 Å². The van der Waals surface area contributed by atoms with E-state index in [1.807, 2.05) is 38.1 Å². The van der Waals surface area contributed by atoms with Crippen LogP contribution in [0.5, 0.6) is 5.75 Å². The van der Waals surface area contributed by atoms with Gasteiger partial charge in [0.2, 0.25) is 0 Å². The summed E-state index contributed by atoms with van der Waals surface area (Å²) in [6.45, 7) is 8.37. The number of aliphatic hydroxyl groups excluding tert-OH is 1. The molecule has 19 heavy (non-hydrogen) atoms. The zero-order valence-corrected chi connectivity index (χ0v) is 12.7. The summed E-state index contributed by atoms with van der Waals surface area (Å²) in [5.41, 5.74) is 0.999. The lowest BCUT2D eigenvalue weighted by atomic mass is 9.89. The molecule has 2 heteroatoms. The van der Waals surface area contributed by atoms with E-state index in [4.69, 9.17) is 4.74 Å². The predicted molar refractivity (Wildman–Crippen MR) is 80.5 cm³/mol. The Balaban J connectivity index is 2.67. The molecule has 0 aromatic heterocycles. The number of rotatable bonds is 8. The number of aliphatic hydroxyl groups is 1. The molecular weight excluding hydrogens is 236 g/mol. The topological polar surface area (TPSA) is 29.5 Å². The van der Waals surface area contributed by atoms with Gasteiger partial charge in [0, 0.05) is 0 Å². The molecule has 2 nitrogen and oxygen atoms in total. The molecule has 2 atom stereocenters. The highest BCUT2D eigenvalue weighted by Gasteiger charge is 2.18. The number of ether oxygens (including phenoxy) is 1. The van der Waals surface area contributed by atoms with Gasteiger partial charge < -0.3 is 9.84 Å². The molecule has 0 aliphatic heterocycles. The fourth-order valence-corrected chi connectivity index (χ4v) is 2.34. The lowest BCUT2D eigenvalue weighted by Gasteiger charge is -2.22. The number of benzene rings is 1. The molecule has 0 saturated carbocycles. The van der Waals surface area contributed by atoms with Gasteiger partial charge in [-0.1, -0.05) is 45.2 Å². The van der Waals surface area contributed by atoms with Crippen molar-refractivity contribution >= 4 is 0 Å². The molecule has 0 aliphatic rings. The van der Waals surface area contributed by atoms with E-state index in [2.05, 4.69) is 13.8 Å². The molecule has 1 N–H and O–H groups in total. The quantitative estimate of drug-likeness (QED) is 0.736. The highest BCUT2D eigenvalue weighted by Crippen LogP contribution is 2.29. The van der Waals surface area contributed by atoms with E-state index in [-0.39, 0.29) is 12.2 Å². The summed E-state index contributed by atoms with van der Waals surface area (Å²) in [6.07, 6.45) is 4.31. The van der Waals surface area contributed by atoms with Crippen molar-refractivity contribution in [2.75, 3.05) is 0 Å². The van der Waals surface area contributed by atoms with E-state index < -0.39 is 0 Å². The Labute approximate surface area is 117 Å². The van der Waals surface area contributed by atoms with Crippen LogP contribution in [0.2, 0.25) is 0 Å². The van der Waals surface area contributed by atoms with Gasteiger partial charge in [0.05, 0.1) is 12.2 Å². The largest absolute Gasteiger partial charge is 0.491 e. The third-order valence-electron chi connectivity index (χ3n) is 3.49. The van der Waals surface area contributed by atoms with Crippen LogP contribution in [0.4, 0.5) is 0 Å². The highest BCUT2D eigenvalue weighted by molar-refractivity contribution is 5.29. The highest BCUT2D eigenvalue weighted by atomic mass is 16.5. The van der Waals surface area contributed by atoms with Crippen LogP contribution in [0.3, 0.4) is 0 Å². The van der Waals surface area contributed by atoms with Gasteiger partial charge in [-0.15, -0.1) is 0 Å². The van der Waals surface area contributed by atoms with Crippen molar-refractivity contribution in [3.05, 3.63) is 29.8 Å². The molecule has 1 aromatic carbocycles. The average Bonchev–Trinajstić information content (AvgIpc) is 2.39. The van der Waals surface area contributed by atoms with Gasteiger partial charge in [-0.25, -0.2) is 0 Å². The SMILES string of the molecule is CCCCC(CC)C(O)c1ccc(OC(C)C)cc1. The van der Waals surface area contributed by atoms with Gasteiger partial charge in [-0.05, 0) is 43.9 Å². The molecule has 0 radical (unpaired) electrons. The predicted octanol–water partition coefficient (Wildman–Crippen LogP) is 4.72. The van der Waals surface area contributed by atoms with E-state index >= 15 is 0 Å². The van der Waals surface area contributed by atoms with Crippen LogP contribution in [-0.2, 0) is 0 Å². The standard InChI is InChI=1S/C17H28O2/c1-5-7-8-14(6-2)17(18)15-9-11-16(12-10-15)19-13(3)4/h9-14,17-18H,5-8H2,1-4H3. The minimum absolute atomic E-state index is 0.184. The number of hydrogen-bond donors (Lipinski definition) is 1. The van der Waals surface area contributed by atoms with Crippen molar-refractivity contribution in [3.63, 3.8) is 0 Å². The molecule has 0 aliphatic carbocycles. The van der Waals surface area contributed by atoms with Crippen molar-refractivity contribution in [2.24, 2.45) is 5.92 Å². The Kier molecular flexibility index (Phi) is 6.93. The Morgan fingerprint density at radius 3 is 2.21 bits per heavy atom. The van der Waals surface area contributed by atoms with Gasteiger partial charge >= 0.3 is 0 Å². The van der Waals surface area contributed by atoms with E-state index in [0.717, 1.165) is 24.2 Å². The summed E-state index contributed by atoms with van der Waals surface area (Å²) in [5, 5.41) is 10.4. The van der Waals surface area contributed by atoms with Crippen molar-refractivity contribution in [1.29, 1.82) is 0 Å². The Morgan fingerprint density at radius 1 is 1.11 bits per heavy atom. The van der Waals surface area contributed by atoms with E-state index in [1.165, 1.54) is 12.8 Å². The second-order valence-corrected chi connectivity index (χ2v) is 5.49. The summed E-state index contributed by atoms with van der Waals surface area (Å²) >= 11 is 0. The molecule has 0 heterocycles. The van der Waals surface area contributed by atoms with Crippen LogP contribution in [0.15, 0.2) is 24.3 Å². The third-order valence-corrected chi connectivity index (χ3v) is 3.49. The van der Waals surface area contributed by atoms with Crippen molar-refractivity contribution in [1.82, 2.24) is 0 Å². The maximum atomic E-state index is 10.4. The molecule has 0 saturated heterocycles. The summed E-state index contributed by atoms with van der Waals surface area (Å²) in [4.78, 5) is 0. The Hall–Kier alpha value is -1.02. The first kappa shape index (κ1) is 16.0. The minimum Gasteiger partial charge on any atom is -0.491 e. The molecule has 1 rings (SSSR count). The molecule has 1 aromatic rings. The van der Waals surface area contributed by atoms with Crippen LogP contribution in [0.25, 0.3) is 0 Å². The number of hydrogen-bond acceptors (Lipinski definition) is 2. The van der Waals surface area contributed by atoms with E-state index in [0.29, 0.717) is 5.92 Å². The van der Waals surface area contributed by atoms with Gasteiger partial charge in [-0.2, -0.15) is 0 Å². The van der Waals surface area contributed by atoms with Crippen LogP contribution >= 0.6 is 0 Å². The first-order valence-corrected chi connectivity index (χ1v) is 7.53. The van der Waals surface area contributed by atoms with Crippen LogP contribution < -0.4 is 4.74 Å². The van der Waals surface area contributed by atoms with Crippen molar-refractivity contribution in [2.45, 2.75) is 65.6 Å². The van der Waals surface area contributed by atoms with Crippen LogP contribution in [0.1, 0.15) is 65.0 Å². The van der Waals surface area contributed by atoms with Gasteiger partial charge in [0.15, 0.2) is 0 Å². The molecule has 0 amide bonds. The average molecular weight is 264 g/mol. The van der Waals surface area contributed by atoms with E-state index in [1.54, 1.807) is 0 Å². The van der Waals surface area contributed by atoms with Gasteiger partial charge in [0.25, 0.3) is 0 Å². The van der Waals surface area contributed by atoms with Gasteiger partial charge in [-0.3, -0.25) is 0 Å².